The molecule has 0 aliphatic carbocycles. The number of nitrogens with one attached hydrogen (secondary N) is 1. The Balaban J connectivity index is 3.97. The molecule has 7 nitrogen and oxygen atoms in total. The summed E-state index contributed by atoms with van der Waals surface area (Å²) < 4.78 is 9.68. The van der Waals surface area contributed by atoms with Crippen LogP contribution < -0.4 is 5.32 Å². The molecule has 0 aromatic carbocycles. The van der Waals surface area contributed by atoms with E-state index in [0.29, 0.717) is 0 Å². The Morgan fingerprint density at radius 2 is 2.21 bits per heavy atom. The first kappa shape index (κ1) is 17.2. The summed E-state index contributed by atoms with van der Waals surface area (Å²) in [6.07, 6.45) is -0.169. The van der Waals surface area contributed by atoms with Crippen LogP contribution in [0.4, 0.5) is 4.79 Å². The van der Waals surface area contributed by atoms with Crippen LogP contribution in [0.15, 0.2) is 17.1 Å². The third kappa shape index (κ3) is 8.82. The number of aliphatic imine (C=N–C) groups is 1. The van der Waals surface area contributed by atoms with Gasteiger partial charge in [0.15, 0.2) is 6.10 Å². The molecule has 0 bridgehead atoms. The van der Waals surface area contributed by atoms with E-state index < -0.39 is 18.2 Å². The maximum Gasteiger partial charge on any atom is 0.407 e. The van der Waals surface area contributed by atoms with Crippen LogP contribution in [0.25, 0.3) is 0 Å². The van der Waals surface area contributed by atoms with Gasteiger partial charge in [0.2, 0.25) is 6.08 Å². The fourth-order valence-corrected chi connectivity index (χ4v) is 1.01. The number of amides is 1. The van der Waals surface area contributed by atoms with Crippen molar-refractivity contribution >= 4 is 29.7 Å². The molecular formula is C11H15ClN2O5. The number of halogens is 1. The van der Waals surface area contributed by atoms with E-state index in [4.69, 9.17) is 21.1 Å². The van der Waals surface area contributed by atoms with Crippen LogP contribution in [0, 0.1) is 0 Å². The lowest BCUT2D eigenvalue weighted by atomic mass is 10.3. The summed E-state index contributed by atoms with van der Waals surface area (Å²) in [4.78, 5) is 35.4. The number of carbonyl (C=O) groups is 2. The second-order valence-electron chi connectivity index (χ2n) is 3.46. The molecule has 1 N–H and O–H groups in total. The van der Waals surface area contributed by atoms with E-state index in [1.807, 2.05) is 0 Å². The maximum atomic E-state index is 11.3. The van der Waals surface area contributed by atoms with Gasteiger partial charge in [-0.05, 0) is 6.92 Å². The lowest BCUT2D eigenvalue weighted by Gasteiger charge is -2.15. The van der Waals surface area contributed by atoms with Gasteiger partial charge in [-0.3, -0.25) is 0 Å². The molecule has 0 rings (SSSR count). The number of esters is 1. The van der Waals surface area contributed by atoms with Crippen LogP contribution in [0.1, 0.15) is 6.92 Å². The minimum atomic E-state index is -0.764. The smallest absolute Gasteiger partial charge is 0.407 e. The number of isocyanates is 1. The Morgan fingerprint density at radius 1 is 1.53 bits per heavy atom. The number of carbonyl (C=O) groups excluding carboxylic acids is 3. The number of nitrogens with zero attached hydrogens (tertiary/aromatic N) is 1. The van der Waals surface area contributed by atoms with Crippen molar-refractivity contribution in [2.45, 2.75) is 13.0 Å². The van der Waals surface area contributed by atoms with E-state index >= 15 is 0 Å². The van der Waals surface area contributed by atoms with Gasteiger partial charge in [-0.1, -0.05) is 6.58 Å². The molecule has 0 spiro atoms. The molecule has 0 fully saturated rings. The molecule has 1 unspecified atom stereocenters. The van der Waals surface area contributed by atoms with E-state index in [1.54, 1.807) is 0 Å². The molecule has 0 radical (unpaired) electrons. The monoisotopic (exact) mass is 290 g/mol. The van der Waals surface area contributed by atoms with E-state index in [9.17, 15) is 14.4 Å². The molecule has 1 amide bonds. The summed E-state index contributed by atoms with van der Waals surface area (Å²) in [6, 6.07) is 0. The Bertz CT molecular complexity index is 379. The summed E-state index contributed by atoms with van der Waals surface area (Å²) in [6.45, 7) is 4.99. The van der Waals surface area contributed by atoms with Crippen molar-refractivity contribution in [3.63, 3.8) is 0 Å². The van der Waals surface area contributed by atoms with E-state index in [1.165, 1.54) is 13.0 Å². The van der Waals surface area contributed by atoms with Gasteiger partial charge in [0.25, 0.3) is 0 Å². The van der Waals surface area contributed by atoms with Crippen molar-refractivity contribution in [1.29, 1.82) is 0 Å². The highest BCUT2D eigenvalue weighted by Gasteiger charge is 2.15. The summed E-state index contributed by atoms with van der Waals surface area (Å²) in [5.74, 6) is -0.608. The number of hydrogen-bond acceptors (Lipinski definition) is 6. The molecule has 1 atom stereocenters. The highest BCUT2D eigenvalue weighted by atomic mass is 35.5. The van der Waals surface area contributed by atoms with Gasteiger partial charge in [-0.15, -0.1) is 11.6 Å². The molecule has 0 heterocycles. The van der Waals surface area contributed by atoms with Gasteiger partial charge in [-0.2, -0.15) is 0 Å². The molecule has 0 saturated carbocycles. The predicted octanol–water partition coefficient (Wildman–Crippen LogP) is 0.775. The number of ether oxygens (including phenoxy) is 2. The first-order chi connectivity index (χ1) is 9.01. The van der Waals surface area contributed by atoms with Gasteiger partial charge >= 0.3 is 12.1 Å². The first-order valence-electron chi connectivity index (χ1n) is 5.38. The second-order valence-corrected chi connectivity index (χ2v) is 3.77. The highest BCUT2D eigenvalue weighted by molar-refractivity contribution is 6.18. The van der Waals surface area contributed by atoms with Crippen LogP contribution >= 0.6 is 11.6 Å². The van der Waals surface area contributed by atoms with Gasteiger partial charge in [0.05, 0.1) is 12.4 Å². The summed E-state index contributed by atoms with van der Waals surface area (Å²) >= 11 is 5.57. The lowest BCUT2D eigenvalue weighted by Crippen LogP contribution is -2.34. The minimum absolute atomic E-state index is 0.0244. The molecule has 8 heteroatoms. The Morgan fingerprint density at radius 3 is 2.74 bits per heavy atom. The zero-order chi connectivity index (χ0) is 14.7. The van der Waals surface area contributed by atoms with Crippen molar-refractivity contribution in [2.24, 2.45) is 4.99 Å². The average molecular weight is 291 g/mol. The van der Waals surface area contributed by atoms with E-state index in [-0.39, 0.29) is 31.1 Å². The third-order valence-electron chi connectivity index (χ3n) is 1.75. The SMILES string of the molecule is C=C(C)C(=O)OCC(CCl)OC(=O)NCCN=C=O. The van der Waals surface area contributed by atoms with Crippen molar-refractivity contribution in [3.05, 3.63) is 12.2 Å². The average Bonchev–Trinajstić information content (AvgIpc) is 2.38. The summed E-state index contributed by atoms with van der Waals surface area (Å²) in [7, 11) is 0. The van der Waals surface area contributed by atoms with Crippen molar-refractivity contribution in [3.8, 4) is 0 Å². The Hall–Kier alpha value is -1.85. The molecule has 0 aliphatic heterocycles. The second kappa shape index (κ2) is 10.1. The van der Waals surface area contributed by atoms with E-state index in [2.05, 4.69) is 16.9 Å². The maximum absolute atomic E-state index is 11.3. The van der Waals surface area contributed by atoms with Gasteiger partial charge in [0, 0.05) is 12.1 Å². The third-order valence-corrected chi connectivity index (χ3v) is 2.10. The standard InChI is InChI=1S/C11H15ClN2O5/c1-8(2)10(16)18-6-9(5-12)19-11(17)14-4-3-13-7-15/h9H,1,3-6H2,2H3,(H,14,17). The number of hydrogen-bond donors (Lipinski definition) is 1. The van der Waals surface area contributed by atoms with Crippen LogP contribution in [-0.2, 0) is 19.1 Å². The number of alkyl halides is 1. The van der Waals surface area contributed by atoms with Crippen LogP contribution in [0.5, 0.6) is 0 Å². The molecule has 0 aliphatic rings. The van der Waals surface area contributed by atoms with Crippen molar-refractivity contribution in [2.75, 3.05) is 25.6 Å². The first-order valence-corrected chi connectivity index (χ1v) is 5.91. The zero-order valence-corrected chi connectivity index (χ0v) is 11.2. The molecule has 19 heavy (non-hydrogen) atoms. The minimum Gasteiger partial charge on any atom is -0.458 e. The van der Waals surface area contributed by atoms with Gasteiger partial charge in [-0.25, -0.2) is 19.4 Å². The fourth-order valence-electron chi connectivity index (χ4n) is 0.854. The van der Waals surface area contributed by atoms with Crippen LogP contribution in [-0.4, -0.2) is 49.8 Å². The Kier molecular flexibility index (Phi) is 9.12. The molecular weight excluding hydrogens is 276 g/mol. The normalized spacial score (nSPS) is 10.8. The quantitative estimate of drug-likeness (QED) is 0.178. The van der Waals surface area contributed by atoms with Crippen LogP contribution in [0.3, 0.4) is 0 Å². The zero-order valence-electron chi connectivity index (χ0n) is 10.5. The molecule has 0 aromatic heterocycles. The van der Waals surface area contributed by atoms with E-state index in [0.717, 1.165) is 0 Å². The fraction of sp³-hybridized carbons (Fsp3) is 0.545. The largest absolute Gasteiger partial charge is 0.458 e. The summed E-state index contributed by atoms with van der Waals surface area (Å²) in [5.41, 5.74) is 0.240. The lowest BCUT2D eigenvalue weighted by molar-refractivity contribution is -0.141. The predicted molar refractivity (Wildman–Crippen MR) is 67.8 cm³/mol. The van der Waals surface area contributed by atoms with Crippen molar-refractivity contribution in [1.82, 2.24) is 5.32 Å². The van der Waals surface area contributed by atoms with Gasteiger partial charge in [0.1, 0.15) is 6.61 Å². The molecule has 0 aromatic rings. The molecule has 0 saturated heterocycles. The highest BCUT2D eigenvalue weighted by Crippen LogP contribution is 2.00. The van der Waals surface area contributed by atoms with Gasteiger partial charge < -0.3 is 14.8 Å². The summed E-state index contributed by atoms with van der Waals surface area (Å²) in [5, 5.41) is 2.34. The number of rotatable bonds is 8. The van der Waals surface area contributed by atoms with Crippen molar-refractivity contribution < 1.29 is 23.9 Å². The Labute approximate surface area is 115 Å². The topological polar surface area (TPSA) is 94.1 Å². The molecule has 106 valence electrons. The van der Waals surface area contributed by atoms with Crippen LogP contribution in [0.2, 0.25) is 0 Å². The number of alkyl carbamates (subject to hydrolysis) is 1.